The number of sulfone groups is 1. The van der Waals surface area contributed by atoms with Crippen molar-refractivity contribution in [3.8, 4) is 11.2 Å². The second kappa shape index (κ2) is 7.35. The van der Waals surface area contributed by atoms with Crippen molar-refractivity contribution in [3.05, 3.63) is 64.7 Å². The summed E-state index contributed by atoms with van der Waals surface area (Å²) in [4.78, 5) is 11.6. The van der Waals surface area contributed by atoms with Gasteiger partial charge in [-0.25, -0.2) is 13.2 Å². The third-order valence-electron chi connectivity index (χ3n) is 5.77. The van der Waals surface area contributed by atoms with E-state index in [1.54, 1.807) is 0 Å². The monoisotopic (exact) mass is 410 g/mol. The molecule has 0 saturated heterocycles. The second-order valence-electron chi connectivity index (χ2n) is 8.77. The number of benzene rings is 2. The highest BCUT2D eigenvalue weighted by atomic mass is 32.2. The smallest absolute Gasteiger partial charge is 0.337 e. The van der Waals surface area contributed by atoms with E-state index in [1.165, 1.54) is 42.5 Å². The Morgan fingerprint density at radius 1 is 0.931 bits per heavy atom. The van der Waals surface area contributed by atoms with E-state index in [0.717, 1.165) is 12.8 Å². The van der Waals surface area contributed by atoms with Crippen molar-refractivity contribution in [2.24, 2.45) is 0 Å². The van der Waals surface area contributed by atoms with Crippen LogP contribution >= 0.6 is 0 Å². The Morgan fingerprint density at radius 2 is 1.52 bits per heavy atom. The van der Waals surface area contributed by atoms with Crippen molar-refractivity contribution in [1.29, 1.82) is 0 Å². The van der Waals surface area contributed by atoms with Crippen molar-refractivity contribution in [2.75, 3.05) is 7.11 Å². The maximum Gasteiger partial charge on any atom is 0.337 e. The molecular formula is C24H26O4S. The Hall–Kier alpha value is -2.58. The molecular weight excluding hydrogens is 384 g/mol. The number of rotatable bonds is 2. The third-order valence-corrected chi connectivity index (χ3v) is 7.03. The van der Waals surface area contributed by atoms with Crippen molar-refractivity contribution in [3.63, 3.8) is 0 Å². The molecule has 152 valence electrons. The Kier molecular flexibility index (Phi) is 5.36. The van der Waals surface area contributed by atoms with Crippen LogP contribution in [0.15, 0.2) is 47.4 Å². The van der Waals surface area contributed by atoms with Gasteiger partial charge in [-0.15, -0.1) is 0 Å². The molecule has 5 heteroatoms. The van der Waals surface area contributed by atoms with E-state index in [0.29, 0.717) is 11.1 Å². The SMILES string of the molecule is COC(=O)c1ccc(S(=O)(=O)C#Cc2ccc3c(c2)C(C)(C)CCC3(C)C)cc1. The lowest BCUT2D eigenvalue weighted by atomic mass is 9.63. The summed E-state index contributed by atoms with van der Waals surface area (Å²) in [6, 6.07) is 11.6. The zero-order valence-corrected chi connectivity index (χ0v) is 18.3. The van der Waals surface area contributed by atoms with Gasteiger partial charge < -0.3 is 4.74 Å². The third kappa shape index (κ3) is 4.23. The summed E-state index contributed by atoms with van der Waals surface area (Å²) in [5, 5.41) is 2.42. The number of methoxy groups -OCH3 is 1. The van der Waals surface area contributed by atoms with Gasteiger partial charge in [-0.1, -0.05) is 33.8 Å². The molecule has 0 radical (unpaired) electrons. The highest BCUT2D eigenvalue weighted by molar-refractivity contribution is 7.96. The number of hydrogen-bond donors (Lipinski definition) is 0. The van der Waals surface area contributed by atoms with Crippen LogP contribution in [-0.2, 0) is 25.4 Å². The number of hydrogen-bond acceptors (Lipinski definition) is 4. The fourth-order valence-corrected chi connectivity index (χ4v) is 4.60. The quantitative estimate of drug-likeness (QED) is 0.536. The van der Waals surface area contributed by atoms with Crippen LogP contribution in [0.1, 0.15) is 67.6 Å². The minimum Gasteiger partial charge on any atom is -0.465 e. The zero-order chi connectivity index (χ0) is 21.4. The lowest BCUT2D eigenvalue weighted by Gasteiger charge is -2.41. The zero-order valence-electron chi connectivity index (χ0n) is 17.5. The summed E-state index contributed by atoms with van der Waals surface area (Å²) in [6.07, 6.45) is 2.20. The number of ether oxygens (including phenoxy) is 1. The Bertz CT molecular complexity index is 1110. The van der Waals surface area contributed by atoms with Crippen LogP contribution in [0.5, 0.6) is 0 Å². The van der Waals surface area contributed by atoms with Crippen LogP contribution in [0.2, 0.25) is 0 Å². The van der Waals surface area contributed by atoms with E-state index in [1.807, 2.05) is 12.1 Å². The summed E-state index contributed by atoms with van der Waals surface area (Å²) in [5.74, 6) is 2.30. The number of fused-ring (bicyclic) bond motifs is 1. The van der Waals surface area contributed by atoms with Crippen molar-refractivity contribution < 1.29 is 17.9 Å². The van der Waals surface area contributed by atoms with Gasteiger partial charge in [0.05, 0.1) is 17.6 Å². The van der Waals surface area contributed by atoms with Gasteiger partial charge in [0.1, 0.15) is 0 Å². The average molecular weight is 411 g/mol. The maximum absolute atomic E-state index is 12.6. The Labute approximate surface area is 173 Å². The molecule has 4 nitrogen and oxygen atoms in total. The van der Waals surface area contributed by atoms with Crippen LogP contribution < -0.4 is 0 Å². The fourth-order valence-electron chi connectivity index (χ4n) is 3.74. The first-order valence-electron chi connectivity index (χ1n) is 9.57. The summed E-state index contributed by atoms with van der Waals surface area (Å²) >= 11 is 0. The Balaban J connectivity index is 1.94. The molecule has 0 unspecified atom stereocenters. The van der Waals surface area contributed by atoms with Crippen LogP contribution in [0, 0.1) is 11.2 Å². The van der Waals surface area contributed by atoms with Gasteiger partial charge in [0.15, 0.2) is 0 Å². The topological polar surface area (TPSA) is 60.4 Å². The fraction of sp³-hybridized carbons (Fsp3) is 0.375. The molecule has 0 amide bonds. The van der Waals surface area contributed by atoms with Crippen LogP contribution in [0.3, 0.4) is 0 Å². The first kappa shape index (κ1) is 21.1. The van der Waals surface area contributed by atoms with E-state index < -0.39 is 15.8 Å². The minimum atomic E-state index is -3.79. The summed E-state index contributed by atoms with van der Waals surface area (Å²) in [6.45, 7) is 8.93. The predicted molar refractivity (Wildman–Crippen MR) is 114 cm³/mol. The van der Waals surface area contributed by atoms with Gasteiger partial charge >= 0.3 is 5.97 Å². The van der Waals surface area contributed by atoms with E-state index in [4.69, 9.17) is 0 Å². The van der Waals surface area contributed by atoms with Gasteiger partial charge in [0, 0.05) is 10.8 Å². The van der Waals surface area contributed by atoms with Gasteiger partial charge in [-0.3, -0.25) is 0 Å². The summed E-state index contributed by atoms with van der Waals surface area (Å²) in [5.41, 5.74) is 3.65. The molecule has 0 aromatic heterocycles. The van der Waals surface area contributed by atoms with E-state index >= 15 is 0 Å². The lowest BCUT2D eigenvalue weighted by Crippen LogP contribution is -2.33. The highest BCUT2D eigenvalue weighted by Gasteiger charge is 2.36. The lowest BCUT2D eigenvalue weighted by molar-refractivity contribution is 0.0600. The molecule has 3 rings (SSSR count). The molecule has 0 heterocycles. The molecule has 2 aromatic carbocycles. The molecule has 29 heavy (non-hydrogen) atoms. The van der Waals surface area contributed by atoms with Crippen LogP contribution in [0.25, 0.3) is 0 Å². The van der Waals surface area contributed by atoms with Crippen LogP contribution in [0.4, 0.5) is 0 Å². The van der Waals surface area contributed by atoms with Crippen LogP contribution in [-0.4, -0.2) is 21.5 Å². The standard InChI is InChI=1S/C24H26O4S/c1-23(2)13-14-24(3,4)21-16-17(6-11-20(21)23)12-15-29(26,27)19-9-7-18(8-10-19)22(25)28-5/h6-11,16H,13-14H2,1-5H3. The van der Waals surface area contributed by atoms with Crippen molar-refractivity contribution >= 4 is 15.8 Å². The van der Waals surface area contributed by atoms with E-state index in [-0.39, 0.29) is 15.7 Å². The Morgan fingerprint density at radius 3 is 2.10 bits per heavy atom. The molecule has 0 aliphatic heterocycles. The molecule has 0 bridgehead atoms. The molecule has 0 saturated carbocycles. The number of esters is 1. The average Bonchev–Trinajstić information content (AvgIpc) is 2.69. The van der Waals surface area contributed by atoms with Gasteiger partial charge in [0.2, 0.25) is 9.84 Å². The molecule has 0 fully saturated rings. The first-order chi connectivity index (χ1) is 13.5. The van der Waals surface area contributed by atoms with E-state index in [2.05, 4.69) is 49.7 Å². The second-order valence-corrected chi connectivity index (χ2v) is 10.5. The van der Waals surface area contributed by atoms with Gasteiger partial charge in [0.25, 0.3) is 0 Å². The first-order valence-corrected chi connectivity index (χ1v) is 11.1. The highest BCUT2D eigenvalue weighted by Crippen LogP contribution is 2.45. The molecule has 0 atom stereocenters. The van der Waals surface area contributed by atoms with Crippen molar-refractivity contribution in [2.45, 2.75) is 56.3 Å². The molecule has 2 aromatic rings. The largest absolute Gasteiger partial charge is 0.465 e. The molecule has 1 aliphatic rings. The number of carbonyl (C=O) groups excluding carboxylic acids is 1. The van der Waals surface area contributed by atoms with E-state index in [9.17, 15) is 13.2 Å². The maximum atomic E-state index is 12.6. The number of carbonyl (C=O) groups is 1. The molecule has 1 aliphatic carbocycles. The minimum absolute atomic E-state index is 0.0329. The van der Waals surface area contributed by atoms with Gasteiger partial charge in [-0.05, 0) is 77.1 Å². The molecule has 0 spiro atoms. The summed E-state index contributed by atoms with van der Waals surface area (Å²) in [7, 11) is -2.52. The predicted octanol–water partition coefficient (Wildman–Crippen LogP) is 4.61. The van der Waals surface area contributed by atoms with Gasteiger partial charge in [-0.2, -0.15) is 0 Å². The molecule has 0 N–H and O–H groups in total. The van der Waals surface area contributed by atoms with Crippen molar-refractivity contribution in [1.82, 2.24) is 0 Å². The summed E-state index contributed by atoms with van der Waals surface area (Å²) < 4.78 is 29.8. The normalized spacial score (nSPS) is 16.9.